The first kappa shape index (κ1) is 23.0. The SMILES string of the molecule is Cc1ccc(F)c2c1OC(Oc1ccc(N(c3ccccc3)c3ccccc3)cc1)[n+]1c-2oc2ccccc21. The number of oxazole rings is 1. The predicted molar refractivity (Wildman–Crippen MR) is 148 cm³/mol. The molecule has 0 fully saturated rings. The monoisotopic (exact) mass is 515 g/mol. The van der Waals surface area contributed by atoms with Crippen LogP contribution in [0.15, 0.2) is 126 Å². The molecule has 0 saturated carbocycles. The van der Waals surface area contributed by atoms with Crippen LogP contribution in [0.4, 0.5) is 21.5 Å². The van der Waals surface area contributed by atoms with Crippen molar-refractivity contribution in [1.29, 1.82) is 0 Å². The number of fused-ring (bicyclic) bond motifs is 5. The van der Waals surface area contributed by atoms with E-state index >= 15 is 4.39 Å². The van der Waals surface area contributed by atoms with Crippen LogP contribution in [-0.4, -0.2) is 0 Å². The fraction of sp³-hybridized carbons (Fsp3) is 0.0606. The van der Waals surface area contributed by atoms with E-state index in [1.54, 1.807) is 10.6 Å². The van der Waals surface area contributed by atoms with E-state index in [4.69, 9.17) is 13.9 Å². The van der Waals surface area contributed by atoms with Crippen LogP contribution in [0.5, 0.6) is 11.5 Å². The van der Waals surface area contributed by atoms with E-state index in [0.717, 1.165) is 28.1 Å². The van der Waals surface area contributed by atoms with Crippen molar-refractivity contribution in [2.75, 3.05) is 4.90 Å². The highest BCUT2D eigenvalue weighted by molar-refractivity contribution is 5.77. The number of aryl methyl sites for hydroxylation is 1. The molecule has 0 bridgehead atoms. The lowest BCUT2D eigenvalue weighted by molar-refractivity contribution is -0.762. The number of ether oxygens (including phenoxy) is 2. The zero-order valence-corrected chi connectivity index (χ0v) is 21.1. The first-order chi connectivity index (χ1) is 19.2. The molecule has 0 spiro atoms. The summed E-state index contributed by atoms with van der Waals surface area (Å²) in [5.41, 5.74) is 5.54. The van der Waals surface area contributed by atoms with E-state index in [2.05, 4.69) is 29.2 Å². The lowest BCUT2D eigenvalue weighted by Crippen LogP contribution is -2.49. The topological polar surface area (TPSA) is 38.7 Å². The van der Waals surface area contributed by atoms with Crippen molar-refractivity contribution in [1.82, 2.24) is 0 Å². The normalized spacial score (nSPS) is 13.8. The maximum Gasteiger partial charge on any atom is 0.471 e. The van der Waals surface area contributed by atoms with Gasteiger partial charge in [0.15, 0.2) is 11.3 Å². The van der Waals surface area contributed by atoms with Crippen LogP contribution in [0.1, 0.15) is 12.0 Å². The molecule has 39 heavy (non-hydrogen) atoms. The average molecular weight is 516 g/mol. The molecule has 6 heteroatoms. The second-order valence-electron chi connectivity index (χ2n) is 9.36. The van der Waals surface area contributed by atoms with Gasteiger partial charge in [0, 0.05) is 23.1 Å². The smallest absolute Gasteiger partial charge is 0.401 e. The number of rotatable bonds is 5. The van der Waals surface area contributed by atoms with Gasteiger partial charge in [-0.15, -0.1) is 0 Å². The van der Waals surface area contributed by atoms with Gasteiger partial charge in [-0.3, -0.25) is 0 Å². The molecule has 1 unspecified atom stereocenters. The molecule has 0 saturated heterocycles. The maximum atomic E-state index is 15.0. The van der Waals surface area contributed by atoms with E-state index in [-0.39, 0.29) is 0 Å². The van der Waals surface area contributed by atoms with Gasteiger partial charge in [-0.1, -0.05) is 59.2 Å². The lowest BCUT2D eigenvalue weighted by atomic mass is 10.1. The van der Waals surface area contributed by atoms with E-state index in [0.29, 0.717) is 28.5 Å². The summed E-state index contributed by atoms with van der Waals surface area (Å²) in [6.45, 7) is 1.88. The van der Waals surface area contributed by atoms with Gasteiger partial charge in [-0.05, 0) is 73.2 Å². The molecular formula is C33H24FN2O3+. The third-order valence-corrected chi connectivity index (χ3v) is 6.86. The van der Waals surface area contributed by atoms with Crippen molar-refractivity contribution in [2.45, 2.75) is 13.3 Å². The zero-order valence-electron chi connectivity index (χ0n) is 21.1. The summed E-state index contributed by atoms with van der Waals surface area (Å²) in [5, 5.41) is 0. The van der Waals surface area contributed by atoms with Gasteiger partial charge in [-0.25, -0.2) is 4.39 Å². The minimum absolute atomic E-state index is 0.294. The van der Waals surface area contributed by atoms with Crippen LogP contribution in [0.3, 0.4) is 0 Å². The molecule has 5 aromatic carbocycles. The van der Waals surface area contributed by atoms with Crippen molar-refractivity contribution >= 4 is 28.2 Å². The zero-order chi connectivity index (χ0) is 26.3. The number of halogens is 1. The number of para-hydroxylation sites is 4. The molecule has 190 valence electrons. The predicted octanol–water partition coefficient (Wildman–Crippen LogP) is 8.23. The molecule has 5 nitrogen and oxygen atoms in total. The molecule has 1 aromatic heterocycles. The minimum Gasteiger partial charge on any atom is -0.401 e. The lowest BCUT2D eigenvalue weighted by Gasteiger charge is -2.26. The van der Waals surface area contributed by atoms with Crippen LogP contribution >= 0.6 is 0 Å². The van der Waals surface area contributed by atoms with Gasteiger partial charge < -0.3 is 18.8 Å². The third-order valence-electron chi connectivity index (χ3n) is 6.86. The molecule has 1 aliphatic heterocycles. The highest BCUT2D eigenvalue weighted by Crippen LogP contribution is 2.42. The molecular weight excluding hydrogens is 491 g/mol. The first-order valence-corrected chi connectivity index (χ1v) is 12.7. The molecule has 1 atom stereocenters. The van der Waals surface area contributed by atoms with Gasteiger partial charge in [-0.2, -0.15) is 0 Å². The Morgan fingerprint density at radius 3 is 2.03 bits per heavy atom. The van der Waals surface area contributed by atoms with Gasteiger partial charge >= 0.3 is 12.3 Å². The Bertz CT molecular complexity index is 1740. The molecule has 6 aromatic rings. The van der Waals surface area contributed by atoms with Gasteiger partial charge in [0.25, 0.3) is 5.52 Å². The molecule has 0 amide bonds. The Kier molecular flexibility index (Phi) is 5.51. The summed E-state index contributed by atoms with van der Waals surface area (Å²) < 4.78 is 35.6. The molecule has 2 heterocycles. The second-order valence-corrected chi connectivity index (χ2v) is 9.36. The summed E-state index contributed by atoms with van der Waals surface area (Å²) in [5.74, 6) is 0.966. The Morgan fingerprint density at radius 2 is 1.33 bits per heavy atom. The molecule has 0 radical (unpaired) electrons. The van der Waals surface area contributed by atoms with Gasteiger partial charge in [0.05, 0.1) is 0 Å². The van der Waals surface area contributed by atoms with Crippen molar-refractivity contribution in [3.8, 4) is 23.0 Å². The Labute approximate surface area is 224 Å². The van der Waals surface area contributed by atoms with Crippen molar-refractivity contribution in [3.05, 3.63) is 133 Å². The Morgan fingerprint density at radius 1 is 0.718 bits per heavy atom. The van der Waals surface area contributed by atoms with Crippen molar-refractivity contribution in [2.24, 2.45) is 0 Å². The Hall–Kier alpha value is -5.10. The number of anilines is 3. The van der Waals surface area contributed by atoms with Gasteiger partial charge in [0.2, 0.25) is 5.58 Å². The van der Waals surface area contributed by atoms with E-state index in [1.165, 1.54) is 6.07 Å². The number of nitrogens with zero attached hydrogens (tertiary/aromatic N) is 2. The average Bonchev–Trinajstić information content (AvgIpc) is 3.37. The fourth-order valence-corrected chi connectivity index (χ4v) is 5.02. The number of benzene rings is 5. The standard InChI is InChI=1S/C33H24FN2O3/c1-22-16-21-27(34)30-31(22)39-33(36-28-14-8-9-15-29(28)38-32(30)36)37-26-19-17-25(18-20-26)35(23-10-4-2-5-11-23)24-12-6-3-7-13-24/h2-21,33H,1H3/q+1. The van der Waals surface area contributed by atoms with E-state index in [9.17, 15) is 0 Å². The molecule has 0 N–H and O–H groups in total. The first-order valence-electron chi connectivity index (χ1n) is 12.7. The van der Waals surface area contributed by atoms with Crippen LogP contribution in [-0.2, 0) is 0 Å². The van der Waals surface area contributed by atoms with Gasteiger partial charge in [0.1, 0.15) is 11.6 Å². The molecule has 0 aliphatic carbocycles. The van der Waals surface area contributed by atoms with Crippen molar-refractivity contribution in [3.63, 3.8) is 0 Å². The largest absolute Gasteiger partial charge is 0.471 e. The summed E-state index contributed by atoms with van der Waals surface area (Å²) in [6.07, 6.45) is -0.887. The van der Waals surface area contributed by atoms with Crippen LogP contribution < -0.4 is 18.9 Å². The van der Waals surface area contributed by atoms with Crippen LogP contribution in [0, 0.1) is 12.7 Å². The minimum atomic E-state index is -0.887. The maximum absolute atomic E-state index is 15.0. The Balaban J connectivity index is 1.27. The highest BCUT2D eigenvalue weighted by Gasteiger charge is 2.43. The van der Waals surface area contributed by atoms with Crippen LogP contribution in [0.2, 0.25) is 0 Å². The molecule has 7 rings (SSSR count). The third kappa shape index (κ3) is 3.97. The molecule has 1 aliphatic rings. The summed E-state index contributed by atoms with van der Waals surface area (Å²) in [7, 11) is 0. The number of hydrogen-bond donors (Lipinski definition) is 0. The van der Waals surface area contributed by atoms with Crippen molar-refractivity contribution < 1.29 is 22.8 Å². The summed E-state index contributed by atoms with van der Waals surface area (Å²) in [6, 6.07) is 38.9. The summed E-state index contributed by atoms with van der Waals surface area (Å²) >= 11 is 0. The number of aromatic nitrogens is 1. The van der Waals surface area contributed by atoms with E-state index in [1.807, 2.05) is 91.9 Å². The van der Waals surface area contributed by atoms with Crippen LogP contribution in [0.25, 0.3) is 22.6 Å². The van der Waals surface area contributed by atoms with E-state index < -0.39 is 12.2 Å². The number of hydrogen-bond acceptors (Lipinski definition) is 4. The quantitative estimate of drug-likeness (QED) is 0.217. The second kappa shape index (κ2) is 9.33. The highest BCUT2D eigenvalue weighted by atomic mass is 19.1. The summed E-state index contributed by atoms with van der Waals surface area (Å²) in [4.78, 5) is 2.18. The fourth-order valence-electron chi connectivity index (χ4n) is 5.02.